The standard InChI is InChI=1S/C18H27N3O2/c1-4-16-6-8-17(9-7-16)21(15(3)22)14-18(23)20-12-10-19(5-2)11-13-20/h6-9H,4-5,10-14H2,1-3H3. The lowest BCUT2D eigenvalue weighted by Gasteiger charge is -2.35. The summed E-state index contributed by atoms with van der Waals surface area (Å²) >= 11 is 0. The summed E-state index contributed by atoms with van der Waals surface area (Å²) in [6.45, 7) is 10.2. The van der Waals surface area contributed by atoms with Gasteiger partial charge in [0.25, 0.3) is 0 Å². The summed E-state index contributed by atoms with van der Waals surface area (Å²) in [5, 5.41) is 0. The van der Waals surface area contributed by atoms with E-state index >= 15 is 0 Å². The van der Waals surface area contributed by atoms with E-state index in [-0.39, 0.29) is 18.4 Å². The van der Waals surface area contributed by atoms with Gasteiger partial charge in [0.2, 0.25) is 11.8 Å². The molecule has 5 nitrogen and oxygen atoms in total. The molecule has 1 aliphatic heterocycles. The van der Waals surface area contributed by atoms with E-state index in [1.54, 1.807) is 4.90 Å². The fourth-order valence-corrected chi connectivity index (χ4v) is 2.84. The average molecular weight is 317 g/mol. The van der Waals surface area contributed by atoms with Gasteiger partial charge in [-0.2, -0.15) is 0 Å². The molecular formula is C18H27N3O2. The molecule has 2 rings (SSSR count). The topological polar surface area (TPSA) is 43.9 Å². The van der Waals surface area contributed by atoms with Crippen molar-refractivity contribution in [1.82, 2.24) is 9.80 Å². The molecule has 0 aromatic heterocycles. The fraction of sp³-hybridized carbons (Fsp3) is 0.556. The molecule has 0 atom stereocenters. The van der Waals surface area contributed by atoms with Crippen molar-refractivity contribution in [3.8, 4) is 0 Å². The lowest BCUT2D eigenvalue weighted by molar-refractivity contribution is -0.132. The first kappa shape index (κ1) is 17.5. The monoisotopic (exact) mass is 317 g/mol. The van der Waals surface area contributed by atoms with E-state index in [4.69, 9.17) is 0 Å². The van der Waals surface area contributed by atoms with Crippen LogP contribution in [-0.2, 0) is 16.0 Å². The van der Waals surface area contributed by atoms with Gasteiger partial charge in [0.15, 0.2) is 0 Å². The van der Waals surface area contributed by atoms with Crippen LogP contribution in [0.1, 0.15) is 26.3 Å². The van der Waals surface area contributed by atoms with Gasteiger partial charge in [0.1, 0.15) is 6.54 Å². The van der Waals surface area contributed by atoms with E-state index < -0.39 is 0 Å². The first-order valence-electron chi connectivity index (χ1n) is 8.42. The van der Waals surface area contributed by atoms with Crippen LogP contribution in [0.2, 0.25) is 0 Å². The quantitative estimate of drug-likeness (QED) is 0.831. The van der Waals surface area contributed by atoms with Crippen molar-refractivity contribution >= 4 is 17.5 Å². The predicted molar refractivity (Wildman–Crippen MR) is 92.5 cm³/mol. The molecule has 1 aromatic carbocycles. The lowest BCUT2D eigenvalue weighted by Crippen LogP contribution is -2.51. The van der Waals surface area contributed by atoms with Gasteiger partial charge in [-0.15, -0.1) is 0 Å². The molecule has 0 bridgehead atoms. The normalized spacial score (nSPS) is 15.5. The number of hydrogen-bond donors (Lipinski definition) is 0. The molecule has 1 saturated heterocycles. The van der Waals surface area contributed by atoms with Crippen molar-refractivity contribution in [3.05, 3.63) is 29.8 Å². The first-order chi connectivity index (χ1) is 11.0. The van der Waals surface area contributed by atoms with E-state index in [1.165, 1.54) is 12.5 Å². The number of benzene rings is 1. The van der Waals surface area contributed by atoms with Crippen LogP contribution < -0.4 is 4.90 Å². The van der Waals surface area contributed by atoms with Gasteiger partial charge in [-0.1, -0.05) is 26.0 Å². The van der Waals surface area contributed by atoms with Crippen molar-refractivity contribution in [2.24, 2.45) is 0 Å². The van der Waals surface area contributed by atoms with Crippen molar-refractivity contribution in [3.63, 3.8) is 0 Å². The minimum absolute atomic E-state index is 0.0236. The molecule has 1 fully saturated rings. The van der Waals surface area contributed by atoms with Gasteiger partial charge >= 0.3 is 0 Å². The van der Waals surface area contributed by atoms with Crippen LogP contribution in [0.5, 0.6) is 0 Å². The number of rotatable bonds is 5. The highest BCUT2D eigenvalue weighted by atomic mass is 16.2. The first-order valence-corrected chi connectivity index (χ1v) is 8.42. The Morgan fingerprint density at radius 1 is 1.04 bits per heavy atom. The number of anilines is 1. The van der Waals surface area contributed by atoms with Gasteiger partial charge in [0, 0.05) is 38.8 Å². The maximum absolute atomic E-state index is 12.5. The number of piperazine rings is 1. The Morgan fingerprint density at radius 2 is 1.65 bits per heavy atom. The summed E-state index contributed by atoms with van der Waals surface area (Å²) in [6.07, 6.45) is 0.959. The smallest absolute Gasteiger partial charge is 0.242 e. The molecule has 126 valence electrons. The fourth-order valence-electron chi connectivity index (χ4n) is 2.84. The second-order valence-electron chi connectivity index (χ2n) is 5.94. The highest BCUT2D eigenvalue weighted by Gasteiger charge is 2.23. The molecule has 0 N–H and O–H groups in total. The molecule has 0 aliphatic carbocycles. The number of amides is 2. The number of carbonyl (C=O) groups is 2. The molecule has 0 spiro atoms. The Kier molecular flexibility index (Phi) is 6.16. The Hall–Kier alpha value is -1.88. The highest BCUT2D eigenvalue weighted by Crippen LogP contribution is 2.16. The van der Waals surface area contributed by atoms with Crippen LogP contribution in [-0.4, -0.2) is 60.9 Å². The Labute approximate surface area is 138 Å². The zero-order valence-electron chi connectivity index (χ0n) is 14.4. The van der Waals surface area contributed by atoms with E-state index in [2.05, 4.69) is 18.7 Å². The van der Waals surface area contributed by atoms with Gasteiger partial charge in [-0.25, -0.2) is 0 Å². The third kappa shape index (κ3) is 4.55. The Bertz CT molecular complexity index is 534. The maximum Gasteiger partial charge on any atom is 0.242 e. The van der Waals surface area contributed by atoms with Gasteiger partial charge in [-0.05, 0) is 30.7 Å². The van der Waals surface area contributed by atoms with Gasteiger partial charge in [0.05, 0.1) is 0 Å². The third-order valence-electron chi connectivity index (χ3n) is 4.50. The SMILES string of the molecule is CCc1ccc(N(CC(=O)N2CCN(CC)CC2)C(C)=O)cc1. The van der Waals surface area contributed by atoms with Crippen LogP contribution in [0.25, 0.3) is 0 Å². The van der Waals surface area contributed by atoms with Crippen LogP contribution in [0, 0.1) is 0 Å². The summed E-state index contributed by atoms with van der Waals surface area (Å²) in [6, 6.07) is 7.86. The lowest BCUT2D eigenvalue weighted by atomic mass is 10.1. The Morgan fingerprint density at radius 3 is 2.13 bits per heavy atom. The van der Waals surface area contributed by atoms with Crippen LogP contribution >= 0.6 is 0 Å². The molecule has 0 saturated carbocycles. The molecule has 5 heteroatoms. The zero-order valence-corrected chi connectivity index (χ0v) is 14.4. The van der Waals surface area contributed by atoms with E-state index in [1.807, 2.05) is 29.2 Å². The number of likely N-dealkylation sites (N-methyl/N-ethyl adjacent to an activating group) is 1. The van der Waals surface area contributed by atoms with Gasteiger partial charge < -0.3 is 14.7 Å². The minimum Gasteiger partial charge on any atom is -0.339 e. The van der Waals surface area contributed by atoms with Gasteiger partial charge in [-0.3, -0.25) is 9.59 Å². The zero-order chi connectivity index (χ0) is 16.8. The second kappa shape index (κ2) is 8.11. The maximum atomic E-state index is 12.5. The summed E-state index contributed by atoms with van der Waals surface area (Å²) in [4.78, 5) is 30.2. The third-order valence-corrected chi connectivity index (χ3v) is 4.50. The molecule has 2 amide bonds. The van der Waals surface area contributed by atoms with Crippen molar-refractivity contribution in [1.29, 1.82) is 0 Å². The summed E-state index contributed by atoms with van der Waals surface area (Å²) in [7, 11) is 0. The average Bonchev–Trinajstić information content (AvgIpc) is 2.59. The van der Waals surface area contributed by atoms with Crippen LogP contribution in [0.15, 0.2) is 24.3 Å². The van der Waals surface area contributed by atoms with Crippen molar-refractivity contribution in [2.45, 2.75) is 27.2 Å². The van der Waals surface area contributed by atoms with E-state index in [0.29, 0.717) is 0 Å². The van der Waals surface area contributed by atoms with E-state index in [0.717, 1.165) is 44.8 Å². The summed E-state index contributed by atoms with van der Waals surface area (Å²) < 4.78 is 0. The van der Waals surface area contributed by atoms with Crippen molar-refractivity contribution < 1.29 is 9.59 Å². The molecule has 1 heterocycles. The largest absolute Gasteiger partial charge is 0.339 e. The number of nitrogens with zero attached hydrogens (tertiary/aromatic N) is 3. The second-order valence-corrected chi connectivity index (χ2v) is 5.94. The van der Waals surface area contributed by atoms with Crippen LogP contribution in [0.4, 0.5) is 5.69 Å². The minimum atomic E-state index is -0.102. The highest BCUT2D eigenvalue weighted by molar-refractivity contribution is 5.97. The molecule has 0 radical (unpaired) electrons. The Balaban J connectivity index is 2.01. The number of hydrogen-bond acceptors (Lipinski definition) is 3. The number of aryl methyl sites for hydroxylation is 1. The molecule has 1 aromatic rings. The summed E-state index contributed by atoms with van der Waals surface area (Å²) in [5.74, 6) is -0.0784. The predicted octanol–water partition coefficient (Wildman–Crippen LogP) is 1.77. The molecule has 1 aliphatic rings. The molecule has 23 heavy (non-hydrogen) atoms. The summed E-state index contributed by atoms with van der Waals surface area (Å²) in [5.41, 5.74) is 2.01. The van der Waals surface area contributed by atoms with Crippen LogP contribution in [0.3, 0.4) is 0 Å². The number of carbonyl (C=O) groups excluding carboxylic acids is 2. The van der Waals surface area contributed by atoms with E-state index in [9.17, 15) is 9.59 Å². The van der Waals surface area contributed by atoms with Crippen molar-refractivity contribution in [2.75, 3.05) is 44.2 Å². The molecule has 0 unspecified atom stereocenters. The molecular weight excluding hydrogens is 290 g/mol.